The number of ether oxygens (including phenoxy) is 1. The van der Waals surface area contributed by atoms with Crippen LogP contribution in [0, 0.1) is 5.82 Å². The number of anilines is 1. The summed E-state index contributed by atoms with van der Waals surface area (Å²) in [5.74, 6) is 0.366. The average molecular weight is 386 g/mol. The molecule has 6 nitrogen and oxygen atoms in total. The summed E-state index contributed by atoms with van der Waals surface area (Å²) in [4.78, 5) is 25.2. The maximum absolute atomic E-state index is 13.8. The third kappa shape index (κ3) is 4.65. The van der Waals surface area contributed by atoms with Gasteiger partial charge in [0.05, 0.1) is 11.8 Å². The van der Waals surface area contributed by atoms with Gasteiger partial charge in [0.15, 0.2) is 0 Å². The van der Waals surface area contributed by atoms with Crippen molar-refractivity contribution in [2.75, 3.05) is 38.7 Å². The van der Waals surface area contributed by atoms with Gasteiger partial charge in [0, 0.05) is 44.9 Å². The zero-order valence-electron chi connectivity index (χ0n) is 16.9. The molecule has 7 heteroatoms. The topological polar surface area (TPSA) is 58.6 Å². The van der Waals surface area contributed by atoms with Crippen LogP contribution in [-0.4, -0.2) is 60.7 Å². The minimum Gasteiger partial charge on any atom is -0.369 e. The Morgan fingerprint density at radius 2 is 2.18 bits per heavy atom. The molecule has 1 saturated heterocycles. The van der Waals surface area contributed by atoms with Crippen molar-refractivity contribution in [1.82, 2.24) is 14.9 Å². The Morgan fingerprint density at radius 3 is 2.86 bits per heavy atom. The smallest absolute Gasteiger partial charge is 0.248 e. The zero-order valence-corrected chi connectivity index (χ0v) is 16.9. The summed E-state index contributed by atoms with van der Waals surface area (Å²) in [5, 5.41) is 0. The van der Waals surface area contributed by atoms with E-state index in [0.29, 0.717) is 19.0 Å². The van der Waals surface area contributed by atoms with Crippen LogP contribution in [0.1, 0.15) is 31.9 Å². The highest BCUT2D eigenvalue weighted by atomic mass is 19.1. The standard InChI is InChI=1S/C21H27FN4O2/c1-14(2)28-13-19(27)26-9-8-16(12-26)20-18(11-23-21(24-20)25(3)4)15-6-5-7-17(22)10-15/h5-7,10-11,14,16H,8-9,12-13H2,1-4H3/t16-/m1/s1. The molecular weight excluding hydrogens is 359 g/mol. The van der Waals surface area contributed by atoms with E-state index in [1.165, 1.54) is 12.1 Å². The third-order valence-corrected chi connectivity index (χ3v) is 4.81. The first-order valence-corrected chi connectivity index (χ1v) is 9.54. The lowest BCUT2D eigenvalue weighted by Crippen LogP contribution is -2.32. The number of aromatic nitrogens is 2. The van der Waals surface area contributed by atoms with E-state index in [4.69, 9.17) is 9.72 Å². The van der Waals surface area contributed by atoms with Gasteiger partial charge in [-0.15, -0.1) is 0 Å². The SMILES string of the molecule is CC(C)OCC(=O)N1CC[C@@H](c2nc(N(C)C)ncc2-c2cccc(F)c2)C1. The highest BCUT2D eigenvalue weighted by Crippen LogP contribution is 2.34. The van der Waals surface area contributed by atoms with E-state index in [0.717, 1.165) is 23.2 Å². The number of rotatable bonds is 6. The molecule has 1 amide bonds. The Hall–Kier alpha value is -2.54. The summed E-state index contributed by atoms with van der Waals surface area (Å²) < 4.78 is 19.2. The molecule has 1 aromatic carbocycles. The largest absolute Gasteiger partial charge is 0.369 e. The van der Waals surface area contributed by atoms with Gasteiger partial charge in [-0.25, -0.2) is 14.4 Å². The van der Waals surface area contributed by atoms with Crippen LogP contribution < -0.4 is 4.90 Å². The molecule has 0 N–H and O–H groups in total. The van der Waals surface area contributed by atoms with E-state index in [9.17, 15) is 9.18 Å². The molecule has 1 fully saturated rings. The highest BCUT2D eigenvalue weighted by Gasteiger charge is 2.30. The second-order valence-corrected chi connectivity index (χ2v) is 7.56. The van der Waals surface area contributed by atoms with Crippen LogP contribution in [0.15, 0.2) is 30.5 Å². The van der Waals surface area contributed by atoms with E-state index in [1.54, 1.807) is 12.3 Å². The van der Waals surface area contributed by atoms with Crippen molar-refractivity contribution >= 4 is 11.9 Å². The monoisotopic (exact) mass is 386 g/mol. The van der Waals surface area contributed by atoms with Gasteiger partial charge in [0.2, 0.25) is 11.9 Å². The number of amides is 1. The molecule has 3 rings (SSSR count). The van der Waals surface area contributed by atoms with E-state index >= 15 is 0 Å². The van der Waals surface area contributed by atoms with Crippen LogP contribution in [0.3, 0.4) is 0 Å². The zero-order chi connectivity index (χ0) is 20.3. The summed E-state index contributed by atoms with van der Waals surface area (Å²) in [6.07, 6.45) is 2.57. The maximum atomic E-state index is 13.8. The van der Waals surface area contributed by atoms with Gasteiger partial charge in [-0.05, 0) is 38.0 Å². The van der Waals surface area contributed by atoms with Crippen LogP contribution in [0.2, 0.25) is 0 Å². The van der Waals surface area contributed by atoms with Gasteiger partial charge in [-0.1, -0.05) is 12.1 Å². The molecule has 0 bridgehead atoms. The molecule has 0 aliphatic carbocycles. The molecule has 28 heavy (non-hydrogen) atoms. The summed E-state index contributed by atoms with van der Waals surface area (Å²) in [7, 11) is 3.77. The van der Waals surface area contributed by atoms with E-state index in [-0.39, 0.29) is 30.4 Å². The molecule has 150 valence electrons. The molecule has 0 unspecified atom stereocenters. The molecule has 1 aromatic heterocycles. The summed E-state index contributed by atoms with van der Waals surface area (Å²) in [6.45, 7) is 5.15. The predicted molar refractivity (Wildman–Crippen MR) is 107 cm³/mol. The number of halogens is 1. The van der Waals surface area contributed by atoms with Crippen molar-refractivity contribution in [2.45, 2.75) is 32.3 Å². The van der Waals surface area contributed by atoms with Crippen LogP contribution in [0.4, 0.5) is 10.3 Å². The highest BCUT2D eigenvalue weighted by molar-refractivity contribution is 5.78. The lowest BCUT2D eigenvalue weighted by molar-refractivity contribution is -0.136. The van der Waals surface area contributed by atoms with E-state index in [2.05, 4.69) is 4.98 Å². The van der Waals surface area contributed by atoms with Crippen molar-refractivity contribution in [3.05, 3.63) is 42.0 Å². The molecule has 2 aromatic rings. The molecule has 0 spiro atoms. The van der Waals surface area contributed by atoms with Crippen molar-refractivity contribution < 1.29 is 13.9 Å². The number of carbonyl (C=O) groups excluding carboxylic acids is 1. The molecule has 0 radical (unpaired) electrons. The van der Waals surface area contributed by atoms with Crippen molar-refractivity contribution in [3.8, 4) is 11.1 Å². The fraction of sp³-hybridized carbons (Fsp3) is 0.476. The first-order chi connectivity index (χ1) is 13.3. The summed E-state index contributed by atoms with van der Waals surface area (Å²) >= 11 is 0. The first kappa shape index (κ1) is 20.2. The Labute approximate surface area is 165 Å². The Morgan fingerprint density at radius 1 is 1.39 bits per heavy atom. The Balaban J connectivity index is 1.87. The predicted octanol–water partition coefficient (Wildman–Crippen LogP) is 3.09. The number of hydrogen-bond acceptors (Lipinski definition) is 5. The average Bonchev–Trinajstić information content (AvgIpc) is 3.15. The fourth-order valence-electron chi connectivity index (χ4n) is 3.33. The van der Waals surface area contributed by atoms with Crippen LogP contribution >= 0.6 is 0 Å². The lowest BCUT2D eigenvalue weighted by Gasteiger charge is -2.20. The summed E-state index contributed by atoms with van der Waals surface area (Å²) in [6, 6.07) is 6.45. The van der Waals surface area contributed by atoms with Gasteiger partial charge in [-0.2, -0.15) is 0 Å². The second-order valence-electron chi connectivity index (χ2n) is 7.56. The number of benzene rings is 1. The van der Waals surface area contributed by atoms with E-state index in [1.807, 2.05) is 43.8 Å². The fourth-order valence-corrected chi connectivity index (χ4v) is 3.33. The third-order valence-electron chi connectivity index (χ3n) is 4.81. The summed E-state index contributed by atoms with van der Waals surface area (Å²) in [5.41, 5.74) is 2.40. The number of hydrogen-bond donors (Lipinski definition) is 0. The number of carbonyl (C=O) groups is 1. The molecule has 0 saturated carbocycles. The lowest BCUT2D eigenvalue weighted by atomic mass is 9.96. The number of nitrogens with zero attached hydrogens (tertiary/aromatic N) is 4. The first-order valence-electron chi connectivity index (χ1n) is 9.54. The van der Waals surface area contributed by atoms with Crippen molar-refractivity contribution in [3.63, 3.8) is 0 Å². The van der Waals surface area contributed by atoms with E-state index < -0.39 is 0 Å². The normalized spacial score (nSPS) is 16.6. The number of likely N-dealkylation sites (tertiary alicyclic amines) is 1. The van der Waals surface area contributed by atoms with Gasteiger partial charge in [0.1, 0.15) is 12.4 Å². The molecule has 1 aliphatic rings. The van der Waals surface area contributed by atoms with Gasteiger partial charge < -0.3 is 14.5 Å². The minimum absolute atomic E-state index is 0.00889. The van der Waals surface area contributed by atoms with Gasteiger partial charge >= 0.3 is 0 Å². The minimum atomic E-state index is -0.297. The molecule has 1 aliphatic heterocycles. The van der Waals surface area contributed by atoms with Crippen LogP contribution in [-0.2, 0) is 9.53 Å². The quantitative estimate of drug-likeness (QED) is 0.764. The van der Waals surface area contributed by atoms with Crippen molar-refractivity contribution in [1.29, 1.82) is 0 Å². The van der Waals surface area contributed by atoms with Crippen molar-refractivity contribution in [2.24, 2.45) is 0 Å². The molecule has 1 atom stereocenters. The second kappa shape index (κ2) is 8.65. The van der Waals surface area contributed by atoms with Gasteiger partial charge in [-0.3, -0.25) is 4.79 Å². The Kier molecular flexibility index (Phi) is 6.24. The Bertz CT molecular complexity index is 841. The van der Waals surface area contributed by atoms with Gasteiger partial charge in [0.25, 0.3) is 0 Å². The van der Waals surface area contributed by atoms with Crippen LogP contribution in [0.5, 0.6) is 0 Å². The molecule has 2 heterocycles. The maximum Gasteiger partial charge on any atom is 0.248 e. The van der Waals surface area contributed by atoms with Crippen LogP contribution in [0.25, 0.3) is 11.1 Å². The molecular formula is C21H27FN4O2.